The van der Waals surface area contributed by atoms with Crippen molar-refractivity contribution in [3.8, 4) is 0 Å². The first-order chi connectivity index (χ1) is 7.79. The van der Waals surface area contributed by atoms with Gasteiger partial charge in [0, 0.05) is 10.5 Å². The van der Waals surface area contributed by atoms with E-state index in [4.69, 9.17) is 39.9 Å². The molecule has 0 aromatic heterocycles. The molecule has 6 heteroatoms. The molecule has 0 atom stereocenters. The predicted octanol–water partition coefficient (Wildman–Crippen LogP) is 4.63. The molecule has 0 spiro atoms. The van der Waals surface area contributed by atoms with E-state index in [1.54, 1.807) is 13.0 Å². The molecule has 1 rings (SSSR count). The Labute approximate surface area is 119 Å². The minimum Gasteiger partial charge on any atom is -0.478 e. The van der Waals surface area contributed by atoms with Gasteiger partial charge in [-0.25, -0.2) is 4.79 Å². The fourth-order valence-electron chi connectivity index (χ4n) is 1.48. The van der Waals surface area contributed by atoms with Crippen LogP contribution < -0.4 is 0 Å². The molecule has 0 saturated heterocycles. The Morgan fingerprint density at radius 1 is 1.41 bits per heavy atom. The quantitative estimate of drug-likeness (QED) is 0.653. The molecule has 2 nitrogen and oxygen atoms in total. The molecule has 0 aliphatic carbocycles. The van der Waals surface area contributed by atoms with Crippen LogP contribution in [0.2, 0.25) is 0 Å². The number of rotatable bonds is 3. The lowest BCUT2D eigenvalue weighted by Gasteiger charge is -2.19. The van der Waals surface area contributed by atoms with Gasteiger partial charge in [0.15, 0.2) is 0 Å². The lowest BCUT2D eigenvalue weighted by molar-refractivity contribution is 0.0696. The maximum absolute atomic E-state index is 11.0. The molecule has 0 radical (unpaired) electrons. The molecule has 0 amide bonds. The number of carboxylic acid groups (broad SMARTS) is 1. The van der Waals surface area contributed by atoms with E-state index in [0.717, 1.165) is 10.6 Å². The van der Waals surface area contributed by atoms with E-state index in [9.17, 15) is 4.79 Å². The van der Waals surface area contributed by atoms with E-state index in [0.29, 0.717) is 11.1 Å². The van der Waals surface area contributed by atoms with Gasteiger partial charge < -0.3 is 5.11 Å². The molecule has 0 bridgehead atoms. The number of aromatic carboxylic acids is 1. The van der Waals surface area contributed by atoms with Crippen LogP contribution in [0.4, 0.5) is 0 Å². The molecule has 1 aromatic carbocycles. The third-order valence-electron chi connectivity index (χ3n) is 2.23. The van der Waals surface area contributed by atoms with Crippen LogP contribution in [-0.4, -0.2) is 16.8 Å². The van der Waals surface area contributed by atoms with Crippen LogP contribution in [0.1, 0.15) is 28.4 Å². The number of halogens is 3. The number of alkyl halides is 3. The SMILES string of the molecule is CCSc1c(C(Cl)(Cl)Cl)ccc(C(=O)O)c1C. The summed E-state index contributed by atoms with van der Waals surface area (Å²) in [5.74, 6) is -0.200. The zero-order valence-electron chi connectivity index (χ0n) is 9.26. The zero-order chi connectivity index (χ0) is 13.2. The normalized spacial score (nSPS) is 11.6. The van der Waals surface area contributed by atoms with Crippen molar-refractivity contribution in [1.82, 2.24) is 0 Å². The monoisotopic (exact) mass is 312 g/mol. The Morgan fingerprint density at radius 3 is 2.41 bits per heavy atom. The fourth-order valence-corrected chi connectivity index (χ4v) is 3.11. The van der Waals surface area contributed by atoms with Gasteiger partial charge in [-0.1, -0.05) is 47.8 Å². The first-order valence-electron chi connectivity index (χ1n) is 4.86. The lowest BCUT2D eigenvalue weighted by atomic mass is 10.1. The first-order valence-corrected chi connectivity index (χ1v) is 6.97. The van der Waals surface area contributed by atoms with Crippen LogP contribution in [-0.2, 0) is 3.79 Å². The standard InChI is InChI=1S/C11H11Cl3O2S/c1-3-17-9-6(2)7(10(15)16)4-5-8(9)11(12,13)14/h4-5H,3H2,1-2H3,(H,15,16). The molecule has 0 fully saturated rings. The summed E-state index contributed by atoms with van der Waals surface area (Å²) in [5.41, 5.74) is 1.39. The van der Waals surface area contributed by atoms with Gasteiger partial charge in [0.05, 0.1) is 5.56 Å². The highest BCUT2D eigenvalue weighted by Crippen LogP contribution is 2.44. The minimum absolute atomic E-state index is 0.235. The second kappa shape index (κ2) is 5.70. The van der Waals surface area contributed by atoms with Crippen molar-refractivity contribution in [2.24, 2.45) is 0 Å². The van der Waals surface area contributed by atoms with Gasteiger partial charge in [0.2, 0.25) is 3.79 Å². The molecule has 0 aliphatic rings. The van der Waals surface area contributed by atoms with E-state index in [1.165, 1.54) is 17.8 Å². The van der Waals surface area contributed by atoms with Crippen LogP contribution in [0.5, 0.6) is 0 Å². The van der Waals surface area contributed by atoms with Crippen LogP contribution in [0.25, 0.3) is 0 Å². The summed E-state index contributed by atoms with van der Waals surface area (Å²) in [6.45, 7) is 3.68. The topological polar surface area (TPSA) is 37.3 Å². The highest BCUT2D eigenvalue weighted by Gasteiger charge is 2.28. The summed E-state index contributed by atoms with van der Waals surface area (Å²) in [6.07, 6.45) is 0. The molecular weight excluding hydrogens is 303 g/mol. The molecule has 0 aliphatic heterocycles. The maximum atomic E-state index is 11.0. The van der Waals surface area contributed by atoms with Crippen molar-refractivity contribution in [3.63, 3.8) is 0 Å². The van der Waals surface area contributed by atoms with Gasteiger partial charge in [0.25, 0.3) is 0 Å². The predicted molar refractivity (Wildman–Crippen MR) is 73.8 cm³/mol. The third kappa shape index (κ3) is 3.44. The molecular formula is C11H11Cl3O2S. The van der Waals surface area contributed by atoms with E-state index < -0.39 is 9.76 Å². The van der Waals surface area contributed by atoms with Gasteiger partial charge in [-0.15, -0.1) is 11.8 Å². The summed E-state index contributed by atoms with van der Waals surface area (Å²) in [4.78, 5) is 11.8. The van der Waals surface area contributed by atoms with Crippen LogP contribution in [0.15, 0.2) is 17.0 Å². The van der Waals surface area contributed by atoms with Crippen molar-refractivity contribution in [1.29, 1.82) is 0 Å². The molecule has 94 valence electrons. The van der Waals surface area contributed by atoms with Crippen molar-refractivity contribution >= 4 is 52.5 Å². The largest absolute Gasteiger partial charge is 0.478 e. The Morgan fingerprint density at radius 2 is 2.00 bits per heavy atom. The molecule has 0 saturated carbocycles. The highest BCUT2D eigenvalue weighted by molar-refractivity contribution is 7.99. The summed E-state index contributed by atoms with van der Waals surface area (Å²) in [5, 5.41) is 9.04. The number of carboxylic acids is 1. The van der Waals surface area contributed by atoms with E-state index >= 15 is 0 Å². The lowest BCUT2D eigenvalue weighted by Crippen LogP contribution is -2.08. The molecule has 0 heterocycles. The average molecular weight is 314 g/mol. The maximum Gasteiger partial charge on any atom is 0.335 e. The number of hydrogen-bond acceptors (Lipinski definition) is 2. The van der Waals surface area contributed by atoms with Gasteiger partial charge in [-0.2, -0.15) is 0 Å². The zero-order valence-corrected chi connectivity index (χ0v) is 12.3. The summed E-state index contributed by atoms with van der Waals surface area (Å²) in [6, 6.07) is 3.02. The van der Waals surface area contributed by atoms with E-state index in [-0.39, 0.29) is 5.56 Å². The number of carbonyl (C=O) groups is 1. The Kier molecular flexibility index (Phi) is 5.02. The van der Waals surface area contributed by atoms with Crippen LogP contribution in [0.3, 0.4) is 0 Å². The molecule has 0 unspecified atom stereocenters. The van der Waals surface area contributed by atoms with Crippen molar-refractivity contribution in [2.45, 2.75) is 22.5 Å². The Balaban J connectivity index is 3.45. The van der Waals surface area contributed by atoms with Gasteiger partial charge in [-0.3, -0.25) is 0 Å². The van der Waals surface area contributed by atoms with E-state index in [2.05, 4.69) is 0 Å². The Bertz CT molecular complexity index is 441. The number of hydrogen-bond donors (Lipinski definition) is 1. The van der Waals surface area contributed by atoms with Gasteiger partial charge in [-0.05, 0) is 24.3 Å². The molecule has 1 N–H and O–H groups in total. The van der Waals surface area contributed by atoms with Crippen LogP contribution in [0, 0.1) is 6.92 Å². The van der Waals surface area contributed by atoms with Crippen molar-refractivity contribution in [2.75, 3.05) is 5.75 Å². The molecule has 1 aromatic rings. The smallest absolute Gasteiger partial charge is 0.335 e. The van der Waals surface area contributed by atoms with Crippen molar-refractivity contribution < 1.29 is 9.90 Å². The summed E-state index contributed by atoms with van der Waals surface area (Å²) < 4.78 is -1.54. The Hall–Kier alpha value is -0.0900. The second-order valence-corrected chi connectivity index (χ2v) is 6.91. The summed E-state index contributed by atoms with van der Waals surface area (Å²) in [7, 11) is 0. The van der Waals surface area contributed by atoms with Crippen LogP contribution >= 0.6 is 46.6 Å². The summed E-state index contributed by atoms with van der Waals surface area (Å²) >= 11 is 19.1. The van der Waals surface area contributed by atoms with Crippen molar-refractivity contribution in [3.05, 3.63) is 28.8 Å². The van der Waals surface area contributed by atoms with Gasteiger partial charge in [0.1, 0.15) is 0 Å². The average Bonchev–Trinajstić information content (AvgIpc) is 2.18. The fraction of sp³-hybridized carbons (Fsp3) is 0.364. The third-order valence-corrected chi connectivity index (χ3v) is 3.94. The number of thioether (sulfide) groups is 1. The second-order valence-electron chi connectivity index (χ2n) is 3.35. The molecule has 17 heavy (non-hydrogen) atoms. The van der Waals surface area contributed by atoms with E-state index in [1.807, 2.05) is 6.92 Å². The highest BCUT2D eigenvalue weighted by atomic mass is 35.6. The number of benzene rings is 1. The first kappa shape index (κ1) is 15.0. The minimum atomic E-state index is -1.54. The van der Waals surface area contributed by atoms with Gasteiger partial charge >= 0.3 is 5.97 Å².